The average Bonchev–Trinajstić information content (AvgIpc) is 1.94. The van der Waals surface area contributed by atoms with Gasteiger partial charge in [0.25, 0.3) is 0 Å². The molecule has 1 N–H and O–H groups in total. The molecule has 0 aliphatic heterocycles. The van der Waals surface area contributed by atoms with Crippen LogP contribution < -0.4 is 4.74 Å². The smallest absolute Gasteiger partial charge is 0.505 e. The summed E-state index contributed by atoms with van der Waals surface area (Å²) in [5.74, 6) is -2.55. The molecule has 1 rings (SSSR count). The van der Waals surface area contributed by atoms with Gasteiger partial charge in [-0.3, -0.25) is 0 Å². The number of rotatable bonds is 1. The van der Waals surface area contributed by atoms with Crippen LogP contribution in [0.1, 0.15) is 0 Å². The van der Waals surface area contributed by atoms with Crippen LogP contribution in [0.3, 0.4) is 0 Å². The van der Waals surface area contributed by atoms with Crippen molar-refractivity contribution in [3.05, 3.63) is 24.0 Å². The first-order chi connectivity index (χ1) is 5.88. The molecule has 0 unspecified atom stereocenters. The van der Waals surface area contributed by atoms with Gasteiger partial charge in [-0.15, -0.1) is 13.2 Å². The number of ether oxygens (including phenoxy) is 1. The molecule has 0 radical (unpaired) electrons. The van der Waals surface area contributed by atoms with Crippen molar-refractivity contribution >= 4 is 0 Å². The second kappa shape index (κ2) is 3.12. The van der Waals surface area contributed by atoms with E-state index in [4.69, 9.17) is 5.11 Å². The van der Waals surface area contributed by atoms with Crippen LogP contribution in [-0.4, -0.2) is 11.5 Å². The normalized spacial score (nSPS) is 11.4. The Morgan fingerprint density at radius 3 is 2.31 bits per heavy atom. The van der Waals surface area contributed by atoms with Crippen molar-refractivity contribution in [3.8, 4) is 11.5 Å². The maximum absolute atomic E-state index is 12.3. The van der Waals surface area contributed by atoms with Gasteiger partial charge in [0.05, 0.1) is 0 Å². The Balaban J connectivity index is 2.86. The van der Waals surface area contributed by atoms with Crippen molar-refractivity contribution in [2.24, 2.45) is 0 Å². The van der Waals surface area contributed by atoms with Crippen LogP contribution in [0.25, 0.3) is 0 Å². The molecule has 0 saturated heterocycles. The summed E-state index contributed by atoms with van der Waals surface area (Å²) in [6, 6.07) is 1.99. The summed E-state index contributed by atoms with van der Waals surface area (Å²) in [6.45, 7) is 0. The summed E-state index contributed by atoms with van der Waals surface area (Å²) in [4.78, 5) is 0. The van der Waals surface area contributed by atoms with Crippen LogP contribution in [0.5, 0.6) is 11.5 Å². The minimum Gasteiger partial charge on any atom is -0.505 e. The van der Waals surface area contributed by atoms with E-state index < -0.39 is 23.7 Å². The van der Waals surface area contributed by atoms with E-state index >= 15 is 0 Å². The van der Waals surface area contributed by atoms with Crippen molar-refractivity contribution in [1.29, 1.82) is 0 Å². The van der Waals surface area contributed by atoms with Crippen molar-refractivity contribution in [1.82, 2.24) is 0 Å². The Hall–Kier alpha value is -1.46. The van der Waals surface area contributed by atoms with Gasteiger partial charge in [-0.1, -0.05) is 0 Å². The van der Waals surface area contributed by atoms with Crippen LogP contribution in [0.2, 0.25) is 0 Å². The Labute approximate surface area is 70.4 Å². The molecule has 0 aliphatic carbocycles. The molecule has 13 heavy (non-hydrogen) atoms. The fraction of sp³-hybridized carbons (Fsp3) is 0.143. The van der Waals surface area contributed by atoms with Gasteiger partial charge in [-0.25, -0.2) is 4.39 Å². The molecule has 0 fully saturated rings. The molecule has 0 aromatic heterocycles. The van der Waals surface area contributed by atoms with E-state index in [0.29, 0.717) is 12.1 Å². The molecular formula is C7H4F4O2. The fourth-order valence-electron chi connectivity index (χ4n) is 0.690. The van der Waals surface area contributed by atoms with Gasteiger partial charge in [0.1, 0.15) is 5.75 Å². The van der Waals surface area contributed by atoms with Gasteiger partial charge >= 0.3 is 6.36 Å². The van der Waals surface area contributed by atoms with Gasteiger partial charge < -0.3 is 9.84 Å². The molecule has 0 heterocycles. The number of hydrogen-bond donors (Lipinski definition) is 1. The minimum absolute atomic E-state index is 0.544. The Bertz CT molecular complexity index is 308. The zero-order chi connectivity index (χ0) is 10.1. The molecule has 0 spiro atoms. The Morgan fingerprint density at radius 1 is 1.23 bits per heavy atom. The molecule has 0 aliphatic rings. The molecule has 0 saturated carbocycles. The Kier molecular flexibility index (Phi) is 2.31. The number of benzene rings is 1. The van der Waals surface area contributed by atoms with Gasteiger partial charge in [0, 0.05) is 6.07 Å². The lowest BCUT2D eigenvalue weighted by molar-refractivity contribution is -0.274. The summed E-state index contributed by atoms with van der Waals surface area (Å²) in [5.41, 5.74) is 0. The van der Waals surface area contributed by atoms with E-state index in [1.807, 2.05) is 0 Å². The van der Waals surface area contributed by atoms with Crippen LogP contribution in [0.15, 0.2) is 18.2 Å². The zero-order valence-corrected chi connectivity index (χ0v) is 6.10. The first-order valence-corrected chi connectivity index (χ1v) is 3.13. The summed E-state index contributed by atoms with van der Waals surface area (Å²) in [5, 5.41) is 8.67. The molecule has 0 atom stereocenters. The minimum atomic E-state index is -4.84. The van der Waals surface area contributed by atoms with Crippen LogP contribution in [0.4, 0.5) is 17.6 Å². The molecule has 1 aromatic rings. The predicted molar refractivity (Wildman–Crippen MR) is 34.7 cm³/mol. The third-order valence-corrected chi connectivity index (χ3v) is 1.15. The first-order valence-electron chi connectivity index (χ1n) is 3.13. The summed E-state index contributed by atoms with van der Waals surface area (Å²) in [6.07, 6.45) is -4.84. The van der Waals surface area contributed by atoms with E-state index in [9.17, 15) is 17.6 Å². The molecule has 0 bridgehead atoms. The highest BCUT2D eigenvalue weighted by molar-refractivity contribution is 5.33. The highest BCUT2D eigenvalue weighted by Gasteiger charge is 2.31. The molecular weight excluding hydrogens is 192 g/mol. The van der Waals surface area contributed by atoms with E-state index in [-0.39, 0.29) is 0 Å². The Morgan fingerprint density at radius 2 is 1.85 bits per heavy atom. The number of hydrogen-bond acceptors (Lipinski definition) is 2. The third-order valence-electron chi connectivity index (χ3n) is 1.15. The van der Waals surface area contributed by atoms with Crippen molar-refractivity contribution in [3.63, 3.8) is 0 Å². The molecule has 72 valence electrons. The summed E-state index contributed by atoms with van der Waals surface area (Å²) < 4.78 is 50.5. The highest BCUT2D eigenvalue weighted by atomic mass is 19.4. The van der Waals surface area contributed by atoms with Crippen molar-refractivity contribution in [2.45, 2.75) is 6.36 Å². The average molecular weight is 196 g/mol. The summed E-state index contributed by atoms with van der Waals surface area (Å²) >= 11 is 0. The first kappa shape index (κ1) is 9.63. The topological polar surface area (TPSA) is 29.5 Å². The number of halogens is 4. The maximum Gasteiger partial charge on any atom is 0.573 e. The van der Waals surface area contributed by atoms with Crippen LogP contribution >= 0.6 is 0 Å². The van der Waals surface area contributed by atoms with E-state index in [2.05, 4.69) is 4.74 Å². The third kappa shape index (κ3) is 2.81. The number of phenols is 1. The maximum atomic E-state index is 12.3. The van der Waals surface area contributed by atoms with E-state index in [1.165, 1.54) is 0 Å². The second-order valence-electron chi connectivity index (χ2n) is 2.16. The highest BCUT2D eigenvalue weighted by Crippen LogP contribution is 2.27. The van der Waals surface area contributed by atoms with Gasteiger partial charge in [-0.2, -0.15) is 0 Å². The van der Waals surface area contributed by atoms with Gasteiger partial charge in [0.15, 0.2) is 11.6 Å². The molecule has 0 amide bonds. The summed E-state index contributed by atoms with van der Waals surface area (Å²) in [7, 11) is 0. The molecule has 2 nitrogen and oxygen atoms in total. The second-order valence-corrected chi connectivity index (χ2v) is 2.16. The van der Waals surface area contributed by atoms with E-state index in [0.717, 1.165) is 6.07 Å². The largest absolute Gasteiger partial charge is 0.573 e. The predicted octanol–water partition coefficient (Wildman–Crippen LogP) is 2.43. The zero-order valence-electron chi connectivity index (χ0n) is 6.10. The fourth-order valence-corrected chi connectivity index (χ4v) is 0.690. The van der Waals surface area contributed by atoms with Crippen LogP contribution in [0, 0.1) is 5.82 Å². The number of aromatic hydroxyl groups is 1. The molecule has 6 heteroatoms. The monoisotopic (exact) mass is 196 g/mol. The lowest BCUT2D eigenvalue weighted by Crippen LogP contribution is -2.17. The van der Waals surface area contributed by atoms with Gasteiger partial charge in [-0.05, 0) is 12.1 Å². The SMILES string of the molecule is Oc1cc(OC(F)(F)F)ccc1F. The lowest BCUT2D eigenvalue weighted by Gasteiger charge is -2.08. The molecule has 1 aromatic carbocycles. The van der Waals surface area contributed by atoms with Crippen molar-refractivity contribution in [2.75, 3.05) is 0 Å². The lowest BCUT2D eigenvalue weighted by atomic mass is 10.3. The van der Waals surface area contributed by atoms with Crippen LogP contribution in [-0.2, 0) is 0 Å². The quantitative estimate of drug-likeness (QED) is 0.699. The van der Waals surface area contributed by atoms with E-state index in [1.54, 1.807) is 0 Å². The number of alkyl halides is 3. The number of phenolic OH excluding ortho intramolecular Hbond substituents is 1. The van der Waals surface area contributed by atoms with Crippen molar-refractivity contribution < 1.29 is 27.4 Å². The van der Waals surface area contributed by atoms with Gasteiger partial charge in [0.2, 0.25) is 0 Å². The standard InChI is InChI=1S/C7H4F4O2/c8-5-2-1-4(3-6(5)12)13-7(9,10)11/h1-3,12H.